The van der Waals surface area contributed by atoms with Gasteiger partial charge in [0.1, 0.15) is 5.69 Å². The van der Waals surface area contributed by atoms with Gasteiger partial charge < -0.3 is 4.74 Å². The standard InChI is InChI=1S/C10H9Cl2F2NO2/c1-2-17-7(16)3-5-8(12)6(11)4-15-9(5)10(13)14/h4,10H,2-3H2,1H3. The summed E-state index contributed by atoms with van der Waals surface area (Å²) in [4.78, 5) is 14.7. The Kier molecular flexibility index (Phi) is 5.08. The van der Waals surface area contributed by atoms with Gasteiger partial charge in [0, 0.05) is 11.8 Å². The summed E-state index contributed by atoms with van der Waals surface area (Å²) in [7, 11) is 0. The molecule has 0 atom stereocenters. The molecule has 0 radical (unpaired) electrons. The highest BCUT2D eigenvalue weighted by Crippen LogP contribution is 2.32. The van der Waals surface area contributed by atoms with E-state index in [0.29, 0.717) is 0 Å². The van der Waals surface area contributed by atoms with Gasteiger partial charge in [0.15, 0.2) is 0 Å². The first-order valence-corrected chi connectivity index (χ1v) is 5.49. The fraction of sp³-hybridized carbons (Fsp3) is 0.400. The monoisotopic (exact) mass is 283 g/mol. The van der Waals surface area contributed by atoms with E-state index in [1.165, 1.54) is 0 Å². The van der Waals surface area contributed by atoms with Gasteiger partial charge in [0.05, 0.1) is 23.1 Å². The van der Waals surface area contributed by atoms with E-state index in [1.54, 1.807) is 6.92 Å². The molecule has 1 heterocycles. The molecular formula is C10H9Cl2F2NO2. The minimum absolute atomic E-state index is 0.0235. The van der Waals surface area contributed by atoms with Crippen molar-refractivity contribution in [2.45, 2.75) is 19.8 Å². The molecule has 0 bridgehead atoms. The van der Waals surface area contributed by atoms with Crippen molar-refractivity contribution in [3.63, 3.8) is 0 Å². The van der Waals surface area contributed by atoms with Gasteiger partial charge in [-0.25, -0.2) is 8.78 Å². The highest BCUT2D eigenvalue weighted by Gasteiger charge is 2.22. The molecule has 0 aliphatic carbocycles. The van der Waals surface area contributed by atoms with Gasteiger partial charge in [-0.05, 0) is 6.92 Å². The molecule has 0 unspecified atom stereocenters. The number of hydrogen-bond donors (Lipinski definition) is 0. The zero-order valence-corrected chi connectivity index (χ0v) is 10.4. The lowest BCUT2D eigenvalue weighted by atomic mass is 10.1. The summed E-state index contributed by atoms with van der Waals surface area (Å²) < 4.78 is 30.0. The van der Waals surface area contributed by atoms with Crippen molar-refractivity contribution in [1.29, 1.82) is 0 Å². The maximum atomic E-state index is 12.7. The largest absolute Gasteiger partial charge is 0.466 e. The second-order valence-corrected chi connectivity index (χ2v) is 3.85. The van der Waals surface area contributed by atoms with Crippen LogP contribution in [-0.2, 0) is 16.0 Å². The van der Waals surface area contributed by atoms with Gasteiger partial charge in [-0.3, -0.25) is 9.78 Å². The normalized spacial score (nSPS) is 10.7. The van der Waals surface area contributed by atoms with Crippen LogP contribution >= 0.6 is 23.2 Å². The Bertz CT molecular complexity index is 427. The Labute approximate surface area is 107 Å². The first-order valence-electron chi connectivity index (χ1n) is 4.73. The molecule has 0 N–H and O–H groups in total. The molecule has 3 nitrogen and oxygen atoms in total. The predicted molar refractivity (Wildman–Crippen MR) is 59.6 cm³/mol. The molecule has 0 saturated carbocycles. The van der Waals surface area contributed by atoms with Crippen molar-refractivity contribution in [3.8, 4) is 0 Å². The number of aromatic nitrogens is 1. The van der Waals surface area contributed by atoms with Crippen LogP contribution in [0.15, 0.2) is 6.20 Å². The lowest BCUT2D eigenvalue weighted by molar-refractivity contribution is -0.142. The zero-order chi connectivity index (χ0) is 13.0. The average molecular weight is 284 g/mol. The molecule has 17 heavy (non-hydrogen) atoms. The molecule has 94 valence electrons. The van der Waals surface area contributed by atoms with E-state index >= 15 is 0 Å². The smallest absolute Gasteiger partial charge is 0.310 e. The second-order valence-electron chi connectivity index (χ2n) is 3.07. The van der Waals surface area contributed by atoms with Crippen LogP contribution in [0.25, 0.3) is 0 Å². The zero-order valence-electron chi connectivity index (χ0n) is 8.84. The van der Waals surface area contributed by atoms with Crippen molar-refractivity contribution in [1.82, 2.24) is 4.98 Å². The van der Waals surface area contributed by atoms with Crippen LogP contribution in [-0.4, -0.2) is 17.6 Å². The summed E-state index contributed by atoms with van der Waals surface area (Å²) >= 11 is 11.4. The third kappa shape index (κ3) is 3.51. The average Bonchev–Trinajstić information content (AvgIpc) is 2.25. The first kappa shape index (κ1) is 14.1. The van der Waals surface area contributed by atoms with Gasteiger partial charge in [-0.15, -0.1) is 0 Å². The lowest BCUT2D eigenvalue weighted by Gasteiger charge is -2.10. The highest BCUT2D eigenvalue weighted by atomic mass is 35.5. The molecule has 0 saturated heterocycles. The van der Waals surface area contributed by atoms with Crippen LogP contribution in [0.1, 0.15) is 24.6 Å². The molecule has 0 aliphatic rings. The highest BCUT2D eigenvalue weighted by molar-refractivity contribution is 6.42. The van der Waals surface area contributed by atoms with Gasteiger partial charge >= 0.3 is 5.97 Å². The Balaban J connectivity index is 3.10. The summed E-state index contributed by atoms with van der Waals surface area (Å²) in [5, 5.41) is -0.0691. The van der Waals surface area contributed by atoms with Crippen molar-refractivity contribution in [2.24, 2.45) is 0 Å². The molecule has 0 aromatic carbocycles. The lowest BCUT2D eigenvalue weighted by Crippen LogP contribution is -2.11. The fourth-order valence-electron chi connectivity index (χ4n) is 1.23. The van der Waals surface area contributed by atoms with Gasteiger partial charge in [-0.2, -0.15) is 0 Å². The summed E-state index contributed by atoms with van der Waals surface area (Å²) in [6, 6.07) is 0. The SMILES string of the molecule is CCOC(=O)Cc1c(C(F)F)ncc(Cl)c1Cl. The Morgan fingerprint density at radius 3 is 2.71 bits per heavy atom. The molecular weight excluding hydrogens is 275 g/mol. The number of hydrogen-bond acceptors (Lipinski definition) is 3. The van der Waals surface area contributed by atoms with Crippen molar-refractivity contribution >= 4 is 29.2 Å². The third-order valence-corrected chi connectivity index (χ3v) is 2.75. The Morgan fingerprint density at radius 2 is 2.18 bits per heavy atom. The van der Waals surface area contributed by atoms with Crippen LogP contribution in [0.3, 0.4) is 0 Å². The van der Waals surface area contributed by atoms with Crippen molar-refractivity contribution in [3.05, 3.63) is 27.5 Å². The van der Waals surface area contributed by atoms with Crippen molar-refractivity contribution in [2.75, 3.05) is 6.61 Å². The van der Waals surface area contributed by atoms with Gasteiger partial charge in [0.25, 0.3) is 6.43 Å². The van der Waals surface area contributed by atoms with E-state index in [-0.39, 0.29) is 28.6 Å². The van der Waals surface area contributed by atoms with E-state index in [1.807, 2.05) is 0 Å². The number of carbonyl (C=O) groups is 1. The van der Waals surface area contributed by atoms with Crippen molar-refractivity contribution < 1.29 is 18.3 Å². The number of nitrogens with zero attached hydrogens (tertiary/aromatic N) is 1. The topological polar surface area (TPSA) is 39.2 Å². The Hall–Kier alpha value is -0.940. The molecule has 1 aromatic rings. The third-order valence-electron chi connectivity index (χ3n) is 1.93. The van der Waals surface area contributed by atoms with Crippen LogP contribution < -0.4 is 0 Å². The maximum absolute atomic E-state index is 12.7. The maximum Gasteiger partial charge on any atom is 0.310 e. The van der Waals surface area contributed by atoms with E-state index in [9.17, 15) is 13.6 Å². The number of rotatable bonds is 4. The molecule has 7 heteroatoms. The quantitative estimate of drug-likeness (QED) is 0.795. The number of carbonyl (C=O) groups excluding carboxylic acids is 1. The minimum Gasteiger partial charge on any atom is -0.466 e. The summed E-state index contributed by atoms with van der Waals surface area (Å²) in [5.74, 6) is -0.652. The molecule has 1 aromatic heterocycles. The van der Waals surface area contributed by atoms with E-state index in [4.69, 9.17) is 23.2 Å². The van der Waals surface area contributed by atoms with Gasteiger partial charge in [0.2, 0.25) is 0 Å². The first-order chi connectivity index (χ1) is 7.97. The molecule has 0 fully saturated rings. The predicted octanol–water partition coefficient (Wildman–Crippen LogP) is 3.43. The molecule has 0 aliphatic heterocycles. The number of pyridine rings is 1. The fourth-order valence-corrected chi connectivity index (χ4v) is 1.61. The minimum atomic E-state index is -2.82. The van der Waals surface area contributed by atoms with Crippen LogP contribution in [0.5, 0.6) is 0 Å². The van der Waals surface area contributed by atoms with E-state index in [0.717, 1.165) is 6.20 Å². The van der Waals surface area contributed by atoms with E-state index < -0.39 is 18.1 Å². The second kappa shape index (κ2) is 6.12. The summed E-state index contributed by atoms with van der Waals surface area (Å²) in [6.07, 6.45) is -2.17. The van der Waals surface area contributed by atoms with Gasteiger partial charge in [-0.1, -0.05) is 23.2 Å². The van der Waals surface area contributed by atoms with Crippen LogP contribution in [0.2, 0.25) is 10.0 Å². The van der Waals surface area contributed by atoms with Crippen LogP contribution in [0, 0.1) is 0 Å². The number of halogens is 4. The molecule has 0 amide bonds. The van der Waals surface area contributed by atoms with Crippen LogP contribution in [0.4, 0.5) is 8.78 Å². The number of esters is 1. The summed E-state index contributed by atoms with van der Waals surface area (Å²) in [6.45, 7) is 1.78. The number of alkyl halides is 2. The molecule has 0 spiro atoms. The summed E-state index contributed by atoms with van der Waals surface area (Å²) in [5.41, 5.74) is -0.639. The molecule has 1 rings (SSSR count). The number of ether oxygens (including phenoxy) is 1. The Morgan fingerprint density at radius 1 is 1.53 bits per heavy atom. The van der Waals surface area contributed by atoms with E-state index in [2.05, 4.69) is 9.72 Å².